The Morgan fingerprint density at radius 3 is 2.41 bits per heavy atom. The third kappa shape index (κ3) is 4.97. The van der Waals surface area contributed by atoms with Crippen LogP contribution in [0.25, 0.3) is 26.7 Å². The van der Waals surface area contributed by atoms with Gasteiger partial charge in [-0.15, -0.1) is 11.3 Å². The first-order chi connectivity index (χ1) is 15.9. The molecule has 34 heavy (non-hydrogen) atoms. The van der Waals surface area contributed by atoms with Gasteiger partial charge in [-0.1, -0.05) is 18.2 Å². The van der Waals surface area contributed by atoms with Crippen molar-refractivity contribution in [2.75, 3.05) is 6.26 Å². The zero-order chi connectivity index (χ0) is 24.7. The number of ether oxygens (including phenoxy) is 1. The second kappa shape index (κ2) is 8.61. The molecule has 1 amide bonds. The van der Waals surface area contributed by atoms with Crippen LogP contribution in [-0.2, 0) is 16.0 Å². The molecule has 0 spiro atoms. The maximum Gasteiger partial charge on any atom is 0.435 e. The number of nitrogens with zero attached hydrogens (tertiary/aromatic N) is 2. The molecule has 0 aliphatic heterocycles. The molecular weight excluding hydrogens is 491 g/mol. The standard InChI is InChI=1S/C22H16F3N3O4S2/c1-34(30,31)16-7-2-4-13(10-16)18-8-9-19(33-18)17-12-20(22(23,24)25)27-28(17)14-5-3-6-15(11-14)32-21(26)29/h2-12H,1H3,(H2,26,29). The summed E-state index contributed by atoms with van der Waals surface area (Å²) >= 11 is 1.18. The topological polar surface area (TPSA) is 104 Å². The molecule has 4 aromatic rings. The van der Waals surface area contributed by atoms with Crippen molar-refractivity contribution >= 4 is 27.3 Å². The molecule has 176 valence electrons. The van der Waals surface area contributed by atoms with Gasteiger partial charge in [0.05, 0.1) is 21.2 Å². The van der Waals surface area contributed by atoms with Gasteiger partial charge in [0, 0.05) is 17.2 Å². The van der Waals surface area contributed by atoms with E-state index in [4.69, 9.17) is 10.5 Å². The van der Waals surface area contributed by atoms with Gasteiger partial charge in [-0.05, 0) is 48.0 Å². The van der Waals surface area contributed by atoms with Gasteiger partial charge in [0.15, 0.2) is 15.5 Å². The van der Waals surface area contributed by atoms with Gasteiger partial charge >= 0.3 is 12.3 Å². The molecule has 7 nitrogen and oxygen atoms in total. The molecule has 4 rings (SSSR count). The van der Waals surface area contributed by atoms with Gasteiger partial charge in [-0.25, -0.2) is 17.9 Å². The van der Waals surface area contributed by atoms with E-state index < -0.39 is 27.8 Å². The zero-order valence-corrected chi connectivity index (χ0v) is 19.0. The molecule has 2 aromatic carbocycles. The summed E-state index contributed by atoms with van der Waals surface area (Å²) in [5, 5.41) is 3.72. The van der Waals surface area contributed by atoms with Gasteiger partial charge in [0.1, 0.15) is 5.75 Å². The van der Waals surface area contributed by atoms with E-state index in [0.29, 0.717) is 15.3 Å². The molecule has 12 heteroatoms. The Morgan fingerprint density at radius 1 is 1.03 bits per heavy atom. The SMILES string of the molecule is CS(=O)(=O)c1cccc(-c2ccc(-c3cc(C(F)(F)F)nn3-c3cccc(OC(N)=O)c3)s2)c1. The van der Waals surface area contributed by atoms with Crippen LogP contribution in [0.1, 0.15) is 5.69 Å². The smallest absolute Gasteiger partial charge is 0.410 e. The summed E-state index contributed by atoms with van der Waals surface area (Å²) in [7, 11) is -3.43. The van der Waals surface area contributed by atoms with Crippen molar-refractivity contribution < 1.29 is 31.1 Å². The minimum atomic E-state index is -4.69. The number of carbonyl (C=O) groups excluding carboxylic acids is 1. The molecule has 0 unspecified atom stereocenters. The van der Waals surface area contributed by atoms with E-state index in [-0.39, 0.29) is 22.0 Å². The monoisotopic (exact) mass is 507 g/mol. The van der Waals surface area contributed by atoms with Gasteiger partial charge in [0.25, 0.3) is 0 Å². The third-order valence-corrected chi connectivity index (χ3v) is 6.95. The number of nitrogens with two attached hydrogens (primary N) is 1. The predicted octanol–water partition coefficient (Wildman–Crippen LogP) is 5.15. The van der Waals surface area contributed by atoms with Crippen molar-refractivity contribution in [1.29, 1.82) is 0 Å². The highest BCUT2D eigenvalue weighted by Gasteiger charge is 2.35. The Bertz CT molecular complexity index is 1490. The lowest BCUT2D eigenvalue weighted by atomic mass is 10.2. The first-order valence-electron chi connectivity index (χ1n) is 9.57. The van der Waals surface area contributed by atoms with Crippen molar-refractivity contribution in [3.8, 4) is 32.4 Å². The van der Waals surface area contributed by atoms with E-state index in [2.05, 4.69) is 5.10 Å². The van der Waals surface area contributed by atoms with Crippen molar-refractivity contribution in [2.45, 2.75) is 11.1 Å². The van der Waals surface area contributed by atoms with E-state index in [1.165, 1.54) is 47.7 Å². The van der Waals surface area contributed by atoms with E-state index in [9.17, 15) is 26.4 Å². The Labute approximate surface area is 196 Å². The molecular formula is C22H16F3N3O4S2. The number of sulfone groups is 1. The van der Waals surface area contributed by atoms with E-state index in [1.807, 2.05) is 0 Å². The average Bonchev–Trinajstić information content (AvgIpc) is 3.40. The Morgan fingerprint density at radius 2 is 1.74 bits per heavy atom. The minimum absolute atomic E-state index is 0.0458. The summed E-state index contributed by atoms with van der Waals surface area (Å²) in [6.45, 7) is 0. The van der Waals surface area contributed by atoms with Crippen LogP contribution in [0.2, 0.25) is 0 Å². The fraction of sp³-hybridized carbons (Fsp3) is 0.0909. The van der Waals surface area contributed by atoms with Crippen LogP contribution in [0, 0.1) is 0 Å². The summed E-state index contributed by atoms with van der Waals surface area (Å²) in [6, 6.07) is 16.3. The van der Waals surface area contributed by atoms with E-state index >= 15 is 0 Å². The molecule has 0 radical (unpaired) electrons. The van der Waals surface area contributed by atoms with Crippen LogP contribution < -0.4 is 10.5 Å². The largest absolute Gasteiger partial charge is 0.435 e. The fourth-order valence-electron chi connectivity index (χ4n) is 3.20. The highest BCUT2D eigenvalue weighted by molar-refractivity contribution is 7.90. The summed E-state index contributed by atoms with van der Waals surface area (Å²) in [4.78, 5) is 12.3. The fourth-order valence-corrected chi connectivity index (χ4v) is 4.87. The summed E-state index contributed by atoms with van der Waals surface area (Å²) < 4.78 is 70.1. The molecule has 2 aromatic heterocycles. The quantitative estimate of drug-likeness (QED) is 0.402. The molecule has 2 N–H and O–H groups in total. The number of hydrogen-bond acceptors (Lipinski definition) is 6. The number of amides is 1. The maximum atomic E-state index is 13.5. The highest BCUT2D eigenvalue weighted by Crippen LogP contribution is 2.39. The first kappa shape index (κ1) is 23.5. The average molecular weight is 508 g/mol. The number of rotatable bonds is 5. The van der Waals surface area contributed by atoms with E-state index in [1.54, 1.807) is 24.3 Å². The number of carbonyl (C=O) groups is 1. The number of primary amides is 1. The van der Waals surface area contributed by atoms with Crippen LogP contribution in [0.15, 0.2) is 71.6 Å². The summed E-state index contributed by atoms with van der Waals surface area (Å²) in [5.74, 6) is 0.0458. The van der Waals surface area contributed by atoms with Gasteiger partial charge in [0.2, 0.25) is 0 Å². The van der Waals surface area contributed by atoms with Crippen LogP contribution in [0.4, 0.5) is 18.0 Å². The second-order valence-corrected chi connectivity index (χ2v) is 10.3. The molecule has 0 aliphatic rings. The van der Waals surface area contributed by atoms with Gasteiger partial charge in [-0.3, -0.25) is 0 Å². The number of halogens is 3. The minimum Gasteiger partial charge on any atom is -0.410 e. The van der Waals surface area contributed by atoms with Crippen LogP contribution in [-0.4, -0.2) is 30.5 Å². The number of hydrogen-bond donors (Lipinski definition) is 1. The molecule has 2 heterocycles. The van der Waals surface area contributed by atoms with Crippen LogP contribution in [0.5, 0.6) is 5.75 Å². The molecule has 0 saturated heterocycles. The lowest BCUT2D eigenvalue weighted by Gasteiger charge is -2.08. The van der Waals surface area contributed by atoms with Crippen molar-refractivity contribution in [2.24, 2.45) is 5.73 Å². The molecule has 0 fully saturated rings. The molecule has 0 aliphatic carbocycles. The van der Waals surface area contributed by atoms with Crippen LogP contribution in [0.3, 0.4) is 0 Å². The molecule has 0 saturated carbocycles. The Balaban J connectivity index is 1.81. The number of aromatic nitrogens is 2. The number of alkyl halides is 3. The Kier molecular flexibility index (Phi) is 5.96. The molecule has 0 bridgehead atoms. The zero-order valence-electron chi connectivity index (χ0n) is 17.4. The van der Waals surface area contributed by atoms with Crippen LogP contribution >= 0.6 is 11.3 Å². The normalized spacial score (nSPS) is 12.0. The van der Waals surface area contributed by atoms with Crippen molar-refractivity contribution in [1.82, 2.24) is 9.78 Å². The van der Waals surface area contributed by atoms with Gasteiger partial charge in [-0.2, -0.15) is 18.3 Å². The number of benzene rings is 2. The first-order valence-corrected chi connectivity index (χ1v) is 12.3. The van der Waals surface area contributed by atoms with Crippen molar-refractivity contribution in [3.63, 3.8) is 0 Å². The van der Waals surface area contributed by atoms with Crippen molar-refractivity contribution in [3.05, 3.63) is 72.4 Å². The van der Waals surface area contributed by atoms with Gasteiger partial charge < -0.3 is 10.5 Å². The second-order valence-electron chi connectivity index (χ2n) is 7.21. The predicted molar refractivity (Wildman–Crippen MR) is 121 cm³/mol. The van der Waals surface area contributed by atoms with E-state index in [0.717, 1.165) is 17.0 Å². The summed E-state index contributed by atoms with van der Waals surface area (Å²) in [5.41, 5.74) is 4.91. The maximum absolute atomic E-state index is 13.5. The number of thiophene rings is 1. The Hall–Kier alpha value is -3.64. The molecule has 0 atom stereocenters. The lowest BCUT2D eigenvalue weighted by Crippen LogP contribution is -2.16. The third-order valence-electron chi connectivity index (χ3n) is 4.69. The lowest BCUT2D eigenvalue weighted by molar-refractivity contribution is -0.141. The summed E-state index contributed by atoms with van der Waals surface area (Å²) in [6.07, 6.45) is -4.65. The highest BCUT2D eigenvalue weighted by atomic mass is 32.2.